The molecule has 1 fully saturated rings. The Balaban J connectivity index is 2.28. The van der Waals surface area contributed by atoms with Gasteiger partial charge in [0.25, 0.3) is 0 Å². The predicted octanol–water partition coefficient (Wildman–Crippen LogP) is 1.86. The van der Waals surface area contributed by atoms with Crippen LogP contribution in [0.1, 0.15) is 37.7 Å². The van der Waals surface area contributed by atoms with Crippen LogP contribution < -0.4 is 5.73 Å². The van der Waals surface area contributed by atoms with Gasteiger partial charge < -0.3 is 10.2 Å². The van der Waals surface area contributed by atoms with Crippen LogP contribution in [0.3, 0.4) is 0 Å². The van der Waals surface area contributed by atoms with Crippen LogP contribution >= 0.6 is 0 Å². The van der Waals surface area contributed by atoms with Crippen molar-refractivity contribution < 1.29 is 12.8 Å². The quantitative estimate of drug-likeness (QED) is 0.830. The molecule has 1 aromatic rings. The first-order valence-electron chi connectivity index (χ1n) is 6.78. The Morgan fingerprint density at radius 3 is 2.63 bits per heavy atom. The van der Waals surface area contributed by atoms with Gasteiger partial charge in [0.15, 0.2) is 0 Å². The molecule has 5 nitrogen and oxygen atoms in total. The molecule has 0 bridgehead atoms. The molecule has 1 aromatic heterocycles. The molecule has 6 heteroatoms. The lowest BCUT2D eigenvalue weighted by atomic mass is 10.4. The smallest absolute Gasteiger partial charge is 0.246 e. The third kappa shape index (κ3) is 3.19. The molecule has 0 amide bonds. The predicted molar refractivity (Wildman–Crippen MR) is 73.1 cm³/mol. The van der Waals surface area contributed by atoms with E-state index in [0.717, 1.165) is 19.3 Å². The molecule has 108 valence electrons. The monoisotopic (exact) mass is 286 g/mol. The van der Waals surface area contributed by atoms with Gasteiger partial charge in [-0.3, -0.25) is 0 Å². The maximum Gasteiger partial charge on any atom is 0.246 e. The van der Waals surface area contributed by atoms with Gasteiger partial charge in [-0.15, -0.1) is 0 Å². The molecule has 2 rings (SSSR count). The van der Waals surface area contributed by atoms with Gasteiger partial charge in [0, 0.05) is 19.2 Å². The molecule has 0 spiro atoms. The van der Waals surface area contributed by atoms with Crippen molar-refractivity contribution in [2.24, 2.45) is 11.7 Å². The van der Waals surface area contributed by atoms with E-state index in [1.165, 1.54) is 0 Å². The topological polar surface area (TPSA) is 76.5 Å². The lowest BCUT2D eigenvalue weighted by Crippen LogP contribution is -2.33. The Bertz CT molecular complexity index is 532. The molecule has 0 unspecified atom stereocenters. The van der Waals surface area contributed by atoms with E-state index in [9.17, 15) is 8.42 Å². The van der Waals surface area contributed by atoms with Gasteiger partial charge in [-0.25, -0.2) is 8.42 Å². The van der Waals surface area contributed by atoms with Gasteiger partial charge in [-0.2, -0.15) is 4.31 Å². The Hall–Kier alpha value is -0.850. The molecule has 1 aliphatic rings. The summed E-state index contributed by atoms with van der Waals surface area (Å²) in [7, 11) is -3.45. The van der Waals surface area contributed by atoms with E-state index in [0.29, 0.717) is 30.5 Å². The van der Waals surface area contributed by atoms with Crippen molar-refractivity contribution >= 4 is 10.0 Å². The molecular weight excluding hydrogens is 264 g/mol. The lowest BCUT2D eigenvalue weighted by molar-refractivity contribution is 0.394. The van der Waals surface area contributed by atoms with Crippen molar-refractivity contribution in [3.05, 3.63) is 17.6 Å². The van der Waals surface area contributed by atoms with E-state index < -0.39 is 10.0 Å². The largest absolute Gasteiger partial charge is 0.464 e. The van der Waals surface area contributed by atoms with E-state index >= 15 is 0 Å². The molecule has 0 aromatic carbocycles. The summed E-state index contributed by atoms with van der Waals surface area (Å²) in [5, 5.41) is 0. The first kappa shape index (κ1) is 14.6. The Labute approximate surface area is 114 Å². The number of furan rings is 1. The molecule has 0 radical (unpaired) electrons. The summed E-state index contributed by atoms with van der Waals surface area (Å²) in [6.45, 7) is 5.06. The highest BCUT2D eigenvalue weighted by molar-refractivity contribution is 7.89. The maximum absolute atomic E-state index is 12.7. The molecule has 1 aliphatic carbocycles. The van der Waals surface area contributed by atoms with E-state index in [-0.39, 0.29) is 11.4 Å². The zero-order valence-electron chi connectivity index (χ0n) is 11.6. The highest BCUT2D eigenvalue weighted by atomic mass is 32.2. The van der Waals surface area contributed by atoms with Crippen molar-refractivity contribution in [1.82, 2.24) is 4.31 Å². The van der Waals surface area contributed by atoms with Gasteiger partial charge in [0.2, 0.25) is 10.0 Å². The molecule has 2 N–H and O–H groups in total. The number of aryl methyl sites for hydroxylation is 1. The van der Waals surface area contributed by atoms with Crippen LogP contribution in [0.5, 0.6) is 0 Å². The average Bonchev–Trinajstić information content (AvgIpc) is 3.09. The zero-order chi connectivity index (χ0) is 14.0. The molecule has 19 heavy (non-hydrogen) atoms. The van der Waals surface area contributed by atoms with Crippen LogP contribution in [-0.4, -0.2) is 25.8 Å². The van der Waals surface area contributed by atoms with Crippen LogP contribution in [0.4, 0.5) is 0 Å². The summed E-state index contributed by atoms with van der Waals surface area (Å²) in [5.74, 6) is 1.47. The van der Waals surface area contributed by atoms with Gasteiger partial charge in [0.05, 0.1) is 6.54 Å². The van der Waals surface area contributed by atoms with Crippen LogP contribution in [0.2, 0.25) is 0 Å². The molecule has 0 saturated heterocycles. The minimum atomic E-state index is -3.45. The Kier molecular flexibility index (Phi) is 4.32. The third-order valence-electron chi connectivity index (χ3n) is 3.37. The molecular formula is C13H22N2O3S. The number of sulfonamides is 1. The van der Waals surface area contributed by atoms with E-state index in [1.807, 2.05) is 6.92 Å². The van der Waals surface area contributed by atoms with Crippen molar-refractivity contribution in [2.45, 2.75) is 44.6 Å². The van der Waals surface area contributed by atoms with E-state index in [4.69, 9.17) is 10.2 Å². The van der Waals surface area contributed by atoms with Gasteiger partial charge in [-0.1, -0.05) is 6.92 Å². The van der Waals surface area contributed by atoms with E-state index in [1.54, 1.807) is 17.3 Å². The summed E-state index contributed by atoms with van der Waals surface area (Å²) in [5.41, 5.74) is 5.50. The minimum absolute atomic E-state index is 0.215. The fraction of sp³-hybridized carbons (Fsp3) is 0.692. The summed E-state index contributed by atoms with van der Waals surface area (Å²) in [6.07, 6.45) is 3.08. The molecule has 1 heterocycles. The minimum Gasteiger partial charge on any atom is -0.464 e. The van der Waals surface area contributed by atoms with Gasteiger partial charge in [-0.05, 0) is 32.1 Å². The fourth-order valence-corrected chi connectivity index (χ4v) is 3.96. The Morgan fingerprint density at radius 1 is 1.47 bits per heavy atom. The van der Waals surface area contributed by atoms with Crippen molar-refractivity contribution in [1.29, 1.82) is 0 Å². The highest BCUT2D eigenvalue weighted by Crippen LogP contribution is 2.32. The lowest BCUT2D eigenvalue weighted by Gasteiger charge is -2.20. The fourth-order valence-electron chi connectivity index (χ4n) is 2.17. The van der Waals surface area contributed by atoms with E-state index in [2.05, 4.69) is 0 Å². The second-order valence-electron chi connectivity index (χ2n) is 5.14. The van der Waals surface area contributed by atoms with Gasteiger partial charge in [0.1, 0.15) is 16.4 Å². The molecule has 0 aliphatic heterocycles. The van der Waals surface area contributed by atoms with Crippen molar-refractivity contribution in [2.75, 3.05) is 13.1 Å². The highest BCUT2D eigenvalue weighted by Gasteiger charge is 2.33. The Morgan fingerprint density at radius 2 is 2.16 bits per heavy atom. The summed E-state index contributed by atoms with van der Waals surface area (Å²) in [6, 6.07) is 1.56. The SMILES string of the molecule is CCCN(CC1CC1)S(=O)(=O)c1cc(CN)oc1C. The second kappa shape index (κ2) is 5.64. The average molecular weight is 286 g/mol. The number of nitrogens with zero attached hydrogens (tertiary/aromatic N) is 1. The van der Waals surface area contributed by atoms with Gasteiger partial charge >= 0.3 is 0 Å². The van der Waals surface area contributed by atoms with Crippen molar-refractivity contribution in [3.63, 3.8) is 0 Å². The molecule has 0 atom stereocenters. The molecule has 1 saturated carbocycles. The van der Waals surface area contributed by atoms with Crippen LogP contribution in [-0.2, 0) is 16.6 Å². The number of rotatable bonds is 7. The van der Waals surface area contributed by atoms with Crippen LogP contribution in [0.15, 0.2) is 15.4 Å². The first-order chi connectivity index (χ1) is 8.98. The number of hydrogen-bond donors (Lipinski definition) is 1. The number of hydrogen-bond acceptors (Lipinski definition) is 4. The normalized spacial score (nSPS) is 16.2. The summed E-state index contributed by atoms with van der Waals surface area (Å²) in [4.78, 5) is 0.266. The third-order valence-corrected chi connectivity index (χ3v) is 5.35. The summed E-state index contributed by atoms with van der Waals surface area (Å²) >= 11 is 0. The second-order valence-corrected chi connectivity index (χ2v) is 7.05. The maximum atomic E-state index is 12.7. The summed E-state index contributed by atoms with van der Waals surface area (Å²) < 4.78 is 32.3. The number of nitrogens with two attached hydrogens (primary N) is 1. The first-order valence-corrected chi connectivity index (χ1v) is 8.22. The van der Waals surface area contributed by atoms with Crippen LogP contribution in [0.25, 0.3) is 0 Å². The standard InChI is InChI=1S/C13H22N2O3S/c1-3-6-15(9-11-4-5-11)19(16,17)13-7-12(8-14)18-10(13)2/h7,11H,3-6,8-9,14H2,1-2H3. The zero-order valence-corrected chi connectivity index (χ0v) is 12.4. The van der Waals surface area contributed by atoms with Crippen molar-refractivity contribution in [3.8, 4) is 0 Å². The van der Waals surface area contributed by atoms with Crippen LogP contribution in [0, 0.1) is 12.8 Å².